The van der Waals surface area contributed by atoms with Gasteiger partial charge in [-0.3, -0.25) is 4.79 Å². The van der Waals surface area contributed by atoms with Crippen LogP contribution in [0.4, 0.5) is 0 Å². The molecule has 1 aliphatic heterocycles. The zero-order chi connectivity index (χ0) is 19.2. The van der Waals surface area contributed by atoms with Crippen LogP contribution >= 0.6 is 15.9 Å². The monoisotopic (exact) mass is 431 g/mol. The van der Waals surface area contributed by atoms with Crippen LogP contribution in [0.2, 0.25) is 0 Å². The highest BCUT2D eigenvalue weighted by atomic mass is 79.9. The van der Waals surface area contributed by atoms with Gasteiger partial charge in [-0.2, -0.15) is 0 Å². The largest absolute Gasteiger partial charge is 0.493 e. The van der Waals surface area contributed by atoms with Crippen LogP contribution in [0, 0.1) is 0 Å². The summed E-state index contributed by atoms with van der Waals surface area (Å²) in [6, 6.07) is 11.3. The molecule has 1 amide bonds. The van der Waals surface area contributed by atoms with Crippen LogP contribution in [0.5, 0.6) is 17.2 Å². The average molecular weight is 432 g/mol. The van der Waals surface area contributed by atoms with Gasteiger partial charge in [0.15, 0.2) is 11.5 Å². The molecule has 1 aliphatic rings. The Hall–Kier alpha value is -2.47. The van der Waals surface area contributed by atoms with Gasteiger partial charge in [-0.05, 0) is 48.9 Å². The molecule has 5 nitrogen and oxygen atoms in total. The summed E-state index contributed by atoms with van der Waals surface area (Å²) in [6.07, 6.45) is 4.02. The van der Waals surface area contributed by atoms with Crippen molar-refractivity contribution >= 4 is 27.9 Å². The normalized spacial score (nSPS) is 15.7. The minimum absolute atomic E-state index is 0.0710. The molecule has 2 aromatic carbocycles. The second-order valence-corrected chi connectivity index (χ2v) is 6.97. The fourth-order valence-corrected chi connectivity index (χ4v) is 3.35. The van der Waals surface area contributed by atoms with Gasteiger partial charge in [0.1, 0.15) is 5.75 Å². The first-order valence-corrected chi connectivity index (χ1v) is 9.61. The first-order valence-electron chi connectivity index (χ1n) is 8.82. The predicted octanol–water partition coefficient (Wildman–Crippen LogP) is 4.51. The third-order valence-electron chi connectivity index (χ3n) is 4.24. The first kappa shape index (κ1) is 19.3. The number of halogens is 1. The molecule has 2 aromatic rings. The van der Waals surface area contributed by atoms with E-state index in [4.69, 9.17) is 14.2 Å². The van der Waals surface area contributed by atoms with E-state index in [1.54, 1.807) is 13.2 Å². The average Bonchev–Trinajstić information content (AvgIpc) is 2.68. The lowest BCUT2D eigenvalue weighted by Crippen LogP contribution is -2.31. The summed E-state index contributed by atoms with van der Waals surface area (Å²) in [6.45, 7) is 3.07. The Morgan fingerprint density at radius 1 is 1.30 bits per heavy atom. The van der Waals surface area contributed by atoms with Gasteiger partial charge < -0.3 is 19.5 Å². The van der Waals surface area contributed by atoms with Gasteiger partial charge in [0.05, 0.1) is 26.4 Å². The van der Waals surface area contributed by atoms with Crippen LogP contribution < -0.4 is 19.5 Å². The van der Waals surface area contributed by atoms with E-state index in [0.717, 1.165) is 27.8 Å². The summed E-state index contributed by atoms with van der Waals surface area (Å²) in [5.74, 6) is 1.99. The van der Waals surface area contributed by atoms with Gasteiger partial charge in [0, 0.05) is 22.5 Å². The molecule has 0 aromatic heterocycles. The van der Waals surface area contributed by atoms with Gasteiger partial charge in [-0.25, -0.2) is 0 Å². The Balaban J connectivity index is 1.69. The maximum atomic E-state index is 12.4. The molecule has 0 aliphatic carbocycles. The molecule has 0 bridgehead atoms. The van der Waals surface area contributed by atoms with Crippen molar-refractivity contribution in [3.63, 3.8) is 0 Å². The van der Waals surface area contributed by atoms with E-state index in [9.17, 15) is 4.79 Å². The fraction of sp³-hybridized carbons (Fsp3) is 0.286. The van der Waals surface area contributed by atoms with E-state index in [1.165, 1.54) is 6.08 Å². The van der Waals surface area contributed by atoms with Crippen molar-refractivity contribution < 1.29 is 19.0 Å². The smallest absolute Gasteiger partial charge is 0.244 e. The van der Waals surface area contributed by atoms with Crippen LogP contribution in [-0.2, 0) is 4.79 Å². The Labute approximate surface area is 167 Å². The summed E-state index contributed by atoms with van der Waals surface area (Å²) < 4.78 is 17.5. The molecule has 1 unspecified atom stereocenters. The molecule has 0 fully saturated rings. The number of benzene rings is 2. The van der Waals surface area contributed by atoms with E-state index >= 15 is 0 Å². The highest BCUT2D eigenvalue weighted by Crippen LogP contribution is 2.34. The van der Waals surface area contributed by atoms with E-state index in [1.807, 2.05) is 43.3 Å². The molecule has 3 rings (SSSR count). The number of rotatable bonds is 6. The Bertz CT molecular complexity index is 850. The van der Waals surface area contributed by atoms with Crippen LogP contribution in [0.25, 0.3) is 6.08 Å². The Morgan fingerprint density at radius 3 is 2.93 bits per heavy atom. The van der Waals surface area contributed by atoms with Crippen LogP contribution in [-0.4, -0.2) is 26.2 Å². The maximum absolute atomic E-state index is 12.4. The van der Waals surface area contributed by atoms with Crippen molar-refractivity contribution in [1.29, 1.82) is 0 Å². The maximum Gasteiger partial charge on any atom is 0.244 e. The molecular formula is C21H22BrNO4. The zero-order valence-electron chi connectivity index (χ0n) is 15.3. The molecule has 1 atom stereocenters. The predicted molar refractivity (Wildman–Crippen MR) is 108 cm³/mol. The van der Waals surface area contributed by atoms with Gasteiger partial charge in [0.25, 0.3) is 0 Å². The van der Waals surface area contributed by atoms with Crippen molar-refractivity contribution in [2.75, 3.05) is 20.3 Å². The van der Waals surface area contributed by atoms with Gasteiger partial charge in [0.2, 0.25) is 5.91 Å². The second kappa shape index (κ2) is 8.95. The molecular weight excluding hydrogens is 410 g/mol. The number of hydrogen-bond acceptors (Lipinski definition) is 4. The SMILES string of the molecule is CCOc1ccc(/C=C/C(=O)NC2CCOc3ccc(Br)cc32)cc1OC. The highest BCUT2D eigenvalue weighted by Gasteiger charge is 2.22. The molecule has 1 heterocycles. The lowest BCUT2D eigenvalue weighted by atomic mass is 10.0. The van der Waals surface area contributed by atoms with Gasteiger partial charge in [-0.15, -0.1) is 0 Å². The van der Waals surface area contributed by atoms with E-state index in [2.05, 4.69) is 21.2 Å². The number of methoxy groups -OCH3 is 1. The summed E-state index contributed by atoms with van der Waals surface area (Å²) in [5, 5.41) is 3.05. The lowest BCUT2D eigenvalue weighted by molar-refractivity contribution is -0.117. The number of amides is 1. The van der Waals surface area contributed by atoms with E-state index < -0.39 is 0 Å². The molecule has 0 radical (unpaired) electrons. The number of carbonyl (C=O) groups is 1. The zero-order valence-corrected chi connectivity index (χ0v) is 16.9. The van der Waals surface area contributed by atoms with Crippen molar-refractivity contribution in [3.8, 4) is 17.2 Å². The standard InChI is InChI=1S/C21H22BrNO4/c1-3-26-19-7-4-14(12-20(19)25-2)5-9-21(24)23-17-10-11-27-18-8-6-15(22)13-16(17)18/h4-9,12-13,17H,3,10-11H2,1-2H3,(H,23,24)/b9-5+. The summed E-state index contributed by atoms with van der Waals surface area (Å²) in [4.78, 5) is 12.4. The lowest BCUT2D eigenvalue weighted by Gasteiger charge is -2.26. The summed E-state index contributed by atoms with van der Waals surface area (Å²) in [5.41, 5.74) is 1.85. The molecule has 27 heavy (non-hydrogen) atoms. The van der Waals surface area contributed by atoms with Crippen molar-refractivity contribution in [3.05, 3.63) is 58.1 Å². The van der Waals surface area contributed by atoms with Gasteiger partial charge in [-0.1, -0.05) is 22.0 Å². The molecule has 142 valence electrons. The minimum Gasteiger partial charge on any atom is -0.493 e. The first-order chi connectivity index (χ1) is 13.1. The quantitative estimate of drug-likeness (QED) is 0.683. The highest BCUT2D eigenvalue weighted by molar-refractivity contribution is 9.10. The second-order valence-electron chi connectivity index (χ2n) is 6.06. The number of hydrogen-bond donors (Lipinski definition) is 1. The van der Waals surface area contributed by atoms with E-state index in [0.29, 0.717) is 24.7 Å². The van der Waals surface area contributed by atoms with Crippen molar-refractivity contribution in [1.82, 2.24) is 5.32 Å². The Morgan fingerprint density at radius 2 is 2.15 bits per heavy atom. The fourth-order valence-electron chi connectivity index (χ4n) is 2.97. The minimum atomic E-state index is -0.152. The number of ether oxygens (including phenoxy) is 3. The molecule has 0 spiro atoms. The van der Waals surface area contributed by atoms with E-state index in [-0.39, 0.29) is 11.9 Å². The number of nitrogens with one attached hydrogen (secondary N) is 1. The summed E-state index contributed by atoms with van der Waals surface area (Å²) >= 11 is 3.47. The van der Waals surface area contributed by atoms with Crippen LogP contribution in [0.1, 0.15) is 30.5 Å². The van der Waals surface area contributed by atoms with Crippen molar-refractivity contribution in [2.24, 2.45) is 0 Å². The molecule has 6 heteroatoms. The topological polar surface area (TPSA) is 56.8 Å². The molecule has 0 saturated heterocycles. The van der Waals surface area contributed by atoms with Gasteiger partial charge >= 0.3 is 0 Å². The van der Waals surface area contributed by atoms with Crippen molar-refractivity contribution in [2.45, 2.75) is 19.4 Å². The molecule has 1 N–H and O–H groups in total. The number of carbonyl (C=O) groups excluding carboxylic acids is 1. The van der Waals surface area contributed by atoms with Crippen LogP contribution in [0.15, 0.2) is 46.9 Å². The summed E-state index contributed by atoms with van der Waals surface area (Å²) in [7, 11) is 1.60. The van der Waals surface area contributed by atoms with Crippen LogP contribution in [0.3, 0.4) is 0 Å². The third-order valence-corrected chi connectivity index (χ3v) is 4.74. The number of fused-ring (bicyclic) bond motifs is 1. The third kappa shape index (κ3) is 4.83. The molecule has 0 saturated carbocycles. The Kier molecular flexibility index (Phi) is 6.40.